The Balaban J connectivity index is 1.64. The van der Waals surface area contributed by atoms with Crippen LogP contribution in [0.1, 0.15) is 27.6 Å². The first-order valence-electron chi connectivity index (χ1n) is 7.80. The Bertz CT molecular complexity index is 941. The molecule has 0 radical (unpaired) electrons. The summed E-state index contributed by atoms with van der Waals surface area (Å²) >= 11 is 0. The van der Waals surface area contributed by atoms with Crippen LogP contribution >= 0.6 is 0 Å². The fraction of sp³-hybridized carbons (Fsp3) is 0.0526. The first-order chi connectivity index (χ1) is 12.5. The third kappa shape index (κ3) is 4.27. The Kier molecular flexibility index (Phi) is 4.98. The molecule has 3 aromatic rings. The van der Waals surface area contributed by atoms with Gasteiger partial charge in [-0.05, 0) is 61.5 Å². The summed E-state index contributed by atoms with van der Waals surface area (Å²) < 4.78 is 13.2. The summed E-state index contributed by atoms with van der Waals surface area (Å²) in [5, 5.41) is 13.5. The summed E-state index contributed by atoms with van der Waals surface area (Å²) in [6.07, 6.45) is 0. The average molecular weight is 350 g/mol. The smallest absolute Gasteiger partial charge is 0.256 e. The van der Waals surface area contributed by atoms with Crippen molar-refractivity contribution in [2.75, 3.05) is 10.6 Å². The Labute approximate surface area is 149 Å². The predicted octanol–water partition coefficient (Wildman–Crippen LogP) is 3.81. The zero-order valence-electron chi connectivity index (χ0n) is 13.9. The van der Waals surface area contributed by atoms with E-state index in [9.17, 15) is 14.0 Å². The number of ketones is 1. The first-order valence-corrected chi connectivity index (χ1v) is 7.80. The quantitative estimate of drug-likeness (QED) is 0.684. The van der Waals surface area contributed by atoms with Crippen LogP contribution in [0.25, 0.3) is 0 Å². The summed E-state index contributed by atoms with van der Waals surface area (Å²) in [5.74, 6) is -0.241. The zero-order valence-corrected chi connectivity index (χ0v) is 13.9. The number of Topliss-reactive ketones (excluding diaryl/α,β-unsaturated/α-hetero) is 1. The van der Waals surface area contributed by atoms with Crippen molar-refractivity contribution in [1.82, 2.24) is 10.2 Å². The molecule has 0 aliphatic rings. The van der Waals surface area contributed by atoms with Crippen molar-refractivity contribution in [3.8, 4) is 0 Å². The van der Waals surface area contributed by atoms with Gasteiger partial charge in [-0.15, -0.1) is 10.2 Å². The minimum absolute atomic E-state index is 0.00488. The van der Waals surface area contributed by atoms with E-state index in [-0.39, 0.29) is 17.2 Å². The number of carbonyl (C=O) groups is 2. The van der Waals surface area contributed by atoms with Crippen LogP contribution in [0, 0.1) is 5.82 Å². The highest BCUT2D eigenvalue weighted by atomic mass is 19.1. The van der Waals surface area contributed by atoms with Gasteiger partial charge in [0, 0.05) is 16.8 Å². The highest BCUT2D eigenvalue weighted by molar-refractivity contribution is 6.03. The molecule has 0 atom stereocenters. The first kappa shape index (κ1) is 17.2. The molecule has 0 unspecified atom stereocenters. The molecule has 0 fully saturated rings. The standard InChI is InChI=1S/C19H15FN4O2/c1-12(25)13-5-7-16(8-6-13)21-17-9-10-18(24-23-17)22-19(26)14-3-2-4-15(20)11-14/h2-11H,1H3,(H,21,23)(H,22,24,26). The SMILES string of the molecule is CC(=O)c1ccc(Nc2ccc(NC(=O)c3cccc(F)c3)nn2)cc1. The molecule has 2 N–H and O–H groups in total. The zero-order chi connectivity index (χ0) is 18.5. The van der Waals surface area contributed by atoms with Crippen LogP contribution in [0.15, 0.2) is 60.7 Å². The molecule has 3 rings (SSSR count). The number of rotatable bonds is 5. The Morgan fingerprint density at radius 3 is 2.19 bits per heavy atom. The topological polar surface area (TPSA) is 84.0 Å². The monoisotopic (exact) mass is 350 g/mol. The summed E-state index contributed by atoms with van der Waals surface area (Å²) in [6.45, 7) is 1.50. The number of aromatic nitrogens is 2. The maximum atomic E-state index is 13.2. The van der Waals surface area contributed by atoms with E-state index >= 15 is 0 Å². The van der Waals surface area contributed by atoms with Crippen molar-refractivity contribution >= 4 is 29.0 Å². The third-order valence-electron chi connectivity index (χ3n) is 3.56. The van der Waals surface area contributed by atoms with Gasteiger partial charge in [0.1, 0.15) is 5.82 Å². The molecule has 0 spiro atoms. The van der Waals surface area contributed by atoms with Gasteiger partial charge >= 0.3 is 0 Å². The van der Waals surface area contributed by atoms with Gasteiger partial charge in [-0.1, -0.05) is 6.07 Å². The Morgan fingerprint density at radius 2 is 1.58 bits per heavy atom. The van der Waals surface area contributed by atoms with Gasteiger partial charge in [-0.25, -0.2) is 4.39 Å². The summed E-state index contributed by atoms with van der Waals surface area (Å²) in [7, 11) is 0. The lowest BCUT2D eigenvalue weighted by Crippen LogP contribution is -2.13. The third-order valence-corrected chi connectivity index (χ3v) is 3.56. The molecule has 0 aliphatic carbocycles. The molecule has 1 aromatic heterocycles. The summed E-state index contributed by atoms with van der Waals surface area (Å²) in [4.78, 5) is 23.3. The van der Waals surface area contributed by atoms with Crippen molar-refractivity contribution in [2.24, 2.45) is 0 Å². The molecule has 2 aromatic carbocycles. The number of anilines is 3. The summed E-state index contributed by atoms with van der Waals surface area (Å²) in [5.41, 5.74) is 1.57. The second kappa shape index (κ2) is 7.52. The molecule has 6 nitrogen and oxygen atoms in total. The maximum absolute atomic E-state index is 13.2. The van der Waals surface area contributed by atoms with Crippen LogP contribution in [0.2, 0.25) is 0 Å². The molecule has 0 aliphatic heterocycles. The van der Waals surface area contributed by atoms with Crippen molar-refractivity contribution in [3.05, 3.63) is 77.6 Å². The van der Waals surface area contributed by atoms with Gasteiger partial charge in [0.2, 0.25) is 0 Å². The van der Waals surface area contributed by atoms with E-state index in [2.05, 4.69) is 20.8 Å². The van der Waals surface area contributed by atoms with Gasteiger partial charge in [0.25, 0.3) is 5.91 Å². The molecule has 130 valence electrons. The second-order valence-corrected chi connectivity index (χ2v) is 5.53. The number of carbonyl (C=O) groups excluding carboxylic acids is 2. The number of hydrogen-bond donors (Lipinski definition) is 2. The Morgan fingerprint density at radius 1 is 0.885 bits per heavy atom. The van der Waals surface area contributed by atoms with Crippen molar-refractivity contribution in [2.45, 2.75) is 6.92 Å². The van der Waals surface area contributed by atoms with Crippen LogP contribution in [0.4, 0.5) is 21.7 Å². The number of halogens is 1. The highest BCUT2D eigenvalue weighted by Crippen LogP contribution is 2.16. The van der Waals surface area contributed by atoms with E-state index in [0.717, 1.165) is 11.8 Å². The van der Waals surface area contributed by atoms with Gasteiger partial charge in [-0.3, -0.25) is 9.59 Å². The summed E-state index contributed by atoms with van der Waals surface area (Å²) in [6, 6.07) is 15.5. The van der Waals surface area contributed by atoms with E-state index in [0.29, 0.717) is 11.4 Å². The van der Waals surface area contributed by atoms with Crippen molar-refractivity contribution in [1.29, 1.82) is 0 Å². The molecular formula is C19H15FN4O2. The lowest BCUT2D eigenvalue weighted by Gasteiger charge is -2.07. The van der Waals surface area contributed by atoms with E-state index in [1.807, 2.05) is 0 Å². The molecule has 1 heterocycles. The molecule has 0 saturated carbocycles. The predicted molar refractivity (Wildman–Crippen MR) is 96.1 cm³/mol. The number of hydrogen-bond acceptors (Lipinski definition) is 5. The molecule has 7 heteroatoms. The van der Waals surface area contributed by atoms with Crippen LogP contribution in [0.5, 0.6) is 0 Å². The van der Waals surface area contributed by atoms with Gasteiger partial charge < -0.3 is 10.6 Å². The fourth-order valence-corrected chi connectivity index (χ4v) is 2.22. The van der Waals surface area contributed by atoms with Crippen molar-refractivity contribution < 1.29 is 14.0 Å². The van der Waals surface area contributed by atoms with Gasteiger partial charge in [0.15, 0.2) is 17.4 Å². The molecule has 0 bridgehead atoms. The Hall–Kier alpha value is -3.61. The van der Waals surface area contributed by atoms with Gasteiger partial charge in [0.05, 0.1) is 0 Å². The van der Waals surface area contributed by atoms with E-state index in [1.54, 1.807) is 36.4 Å². The highest BCUT2D eigenvalue weighted by Gasteiger charge is 2.08. The van der Waals surface area contributed by atoms with Crippen molar-refractivity contribution in [3.63, 3.8) is 0 Å². The minimum Gasteiger partial charge on any atom is -0.339 e. The number of benzene rings is 2. The van der Waals surface area contributed by atoms with E-state index in [4.69, 9.17) is 0 Å². The maximum Gasteiger partial charge on any atom is 0.256 e. The normalized spacial score (nSPS) is 10.2. The number of nitrogens with one attached hydrogen (secondary N) is 2. The number of nitrogens with zero attached hydrogens (tertiary/aromatic N) is 2. The number of amides is 1. The fourth-order valence-electron chi connectivity index (χ4n) is 2.22. The molecule has 0 saturated heterocycles. The lowest BCUT2D eigenvalue weighted by atomic mass is 10.1. The minimum atomic E-state index is -0.487. The lowest BCUT2D eigenvalue weighted by molar-refractivity contribution is 0.101. The van der Waals surface area contributed by atoms with E-state index in [1.165, 1.54) is 25.1 Å². The van der Waals surface area contributed by atoms with Crippen LogP contribution in [0.3, 0.4) is 0 Å². The molecule has 26 heavy (non-hydrogen) atoms. The van der Waals surface area contributed by atoms with Crippen LogP contribution < -0.4 is 10.6 Å². The van der Waals surface area contributed by atoms with Gasteiger partial charge in [-0.2, -0.15) is 0 Å². The molecular weight excluding hydrogens is 335 g/mol. The molecule has 1 amide bonds. The van der Waals surface area contributed by atoms with E-state index < -0.39 is 11.7 Å². The average Bonchev–Trinajstić information content (AvgIpc) is 2.64. The second-order valence-electron chi connectivity index (χ2n) is 5.53. The van der Waals surface area contributed by atoms with Crippen LogP contribution in [-0.2, 0) is 0 Å². The largest absolute Gasteiger partial charge is 0.339 e. The van der Waals surface area contributed by atoms with Crippen LogP contribution in [-0.4, -0.2) is 21.9 Å².